The topological polar surface area (TPSA) is 89.0 Å². The molecule has 0 bridgehead atoms. The predicted octanol–water partition coefficient (Wildman–Crippen LogP) is 6.77. The molecule has 4 atom stereocenters. The van der Waals surface area contributed by atoms with Crippen LogP contribution in [0.3, 0.4) is 0 Å². The standard InChI is InChI=1S/C37H34N2O5S/c40-27-9-6-8-24(19-27)18-25(32-13-4-5-16-38-32)14-15-33-34-26(22-43-28-10-2-1-3-11-28)20-30-35(31(34)23-44-33)37(42)39(36(30)41)21-29-12-7-17-45-29/h1-13,16-19,30-31,33,35,40H,14-15,20-23H2/b25-18-/t30-,31+,33-,35-/m1/s1. The highest BCUT2D eigenvalue weighted by atomic mass is 32.1. The molecule has 0 saturated carbocycles. The van der Waals surface area contributed by atoms with Gasteiger partial charge in [-0.3, -0.25) is 19.5 Å². The fraction of sp³-hybridized carbons (Fsp3) is 0.270. The van der Waals surface area contributed by atoms with Gasteiger partial charge in [-0.15, -0.1) is 11.3 Å². The molecule has 0 unspecified atom stereocenters. The molecule has 1 aliphatic carbocycles. The lowest BCUT2D eigenvalue weighted by molar-refractivity contribution is -0.140. The van der Waals surface area contributed by atoms with Gasteiger partial charge in [-0.1, -0.05) is 42.5 Å². The van der Waals surface area contributed by atoms with E-state index in [1.165, 1.54) is 4.90 Å². The number of carbonyl (C=O) groups excluding carboxylic acids is 2. The van der Waals surface area contributed by atoms with Crippen molar-refractivity contribution in [3.05, 3.63) is 124 Å². The maximum atomic E-state index is 13.9. The molecule has 2 aromatic heterocycles. The van der Waals surface area contributed by atoms with Gasteiger partial charge in [0.25, 0.3) is 0 Å². The average Bonchev–Trinajstić information content (AvgIpc) is 3.79. The minimum atomic E-state index is -0.420. The first kappa shape index (κ1) is 29.2. The Bertz CT molecular complexity index is 1730. The number of fused-ring (bicyclic) bond motifs is 3. The minimum Gasteiger partial charge on any atom is -0.508 e. The van der Waals surface area contributed by atoms with Crippen LogP contribution >= 0.6 is 11.3 Å². The van der Waals surface area contributed by atoms with E-state index in [9.17, 15) is 14.7 Å². The van der Waals surface area contributed by atoms with Crippen LogP contribution in [0.15, 0.2) is 108 Å². The van der Waals surface area contributed by atoms with Crippen molar-refractivity contribution in [3.8, 4) is 11.5 Å². The Kier molecular flexibility index (Phi) is 8.33. The molecule has 4 heterocycles. The molecule has 2 saturated heterocycles. The number of allylic oxidation sites excluding steroid dienone is 1. The minimum absolute atomic E-state index is 0.0915. The molecule has 2 fully saturated rings. The molecule has 7 nitrogen and oxygen atoms in total. The SMILES string of the molecule is O=C1[C@@H]2[C@@H](CC(COc3ccccc3)=C3[C@@H](CC/C(=C/c4cccc(O)c4)c4ccccn4)OC[C@@H]32)C(=O)N1Cc1cccs1. The van der Waals surface area contributed by atoms with Crippen LogP contribution in [0, 0.1) is 17.8 Å². The van der Waals surface area contributed by atoms with Crippen molar-refractivity contribution in [1.82, 2.24) is 9.88 Å². The molecule has 228 valence electrons. The second-order valence-corrected chi connectivity index (χ2v) is 12.8. The number of aromatic nitrogens is 1. The fourth-order valence-electron chi connectivity index (χ4n) is 7.00. The van der Waals surface area contributed by atoms with Crippen molar-refractivity contribution < 1.29 is 24.2 Å². The quantitative estimate of drug-likeness (QED) is 0.156. The fourth-order valence-corrected chi connectivity index (χ4v) is 7.69. The molecule has 0 radical (unpaired) electrons. The van der Waals surface area contributed by atoms with Gasteiger partial charge < -0.3 is 14.6 Å². The highest BCUT2D eigenvalue weighted by Crippen LogP contribution is 2.50. The molecule has 2 aromatic carbocycles. The number of phenols is 1. The van der Waals surface area contributed by atoms with Crippen LogP contribution in [0.4, 0.5) is 0 Å². The van der Waals surface area contributed by atoms with Gasteiger partial charge in [0.15, 0.2) is 0 Å². The number of carbonyl (C=O) groups is 2. The molecule has 0 spiro atoms. The smallest absolute Gasteiger partial charge is 0.234 e. The van der Waals surface area contributed by atoms with Crippen molar-refractivity contribution >= 4 is 34.8 Å². The van der Waals surface area contributed by atoms with Crippen LogP contribution < -0.4 is 4.74 Å². The molecule has 45 heavy (non-hydrogen) atoms. The van der Waals surface area contributed by atoms with Gasteiger partial charge in [0.1, 0.15) is 18.1 Å². The summed E-state index contributed by atoms with van der Waals surface area (Å²) in [5.41, 5.74) is 4.95. The number of rotatable bonds is 10. The number of benzene rings is 2. The second kappa shape index (κ2) is 12.8. The van der Waals surface area contributed by atoms with Crippen molar-refractivity contribution in [1.29, 1.82) is 0 Å². The van der Waals surface area contributed by atoms with E-state index >= 15 is 0 Å². The van der Waals surface area contributed by atoms with Crippen LogP contribution in [-0.2, 0) is 20.9 Å². The zero-order valence-corrected chi connectivity index (χ0v) is 25.6. The van der Waals surface area contributed by atoms with Gasteiger partial charge in [0, 0.05) is 17.0 Å². The van der Waals surface area contributed by atoms with Crippen molar-refractivity contribution in [2.75, 3.05) is 13.2 Å². The molecule has 1 N–H and O–H groups in total. The number of para-hydroxylation sites is 1. The third-order valence-corrected chi connectivity index (χ3v) is 9.89. The molecule has 7 rings (SSSR count). The number of hydrogen-bond acceptors (Lipinski definition) is 7. The third-order valence-electron chi connectivity index (χ3n) is 9.03. The van der Waals surface area contributed by atoms with E-state index in [4.69, 9.17) is 9.47 Å². The maximum Gasteiger partial charge on any atom is 0.234 e. The van der Waals surface area contributed by atoms with E-state index in [1.807, 2.05) is 78.2 Å². The largest absolute Gasteiger partial charge is 0.508 e. The zero-order chi connectivity index (χ0) is 30.8. The molecule has 4 aromatic rings. The van der Waals surface area contributed by atoms with E-state index in [0.717, 1.165) is 38.6 Å². The summed E-state index contributed by atoms with van der Waals surface area (Å²) < 4.78 is 12.7. The van der Waals surface area contributed by atoms with Crippen LogP contribution in [0.1, 0.15) is 35.4 Å². The Morgan fingerprint density at radius 2 is 1.87 bits per heavy atom. The molecule has 2 amide bonds. The second-order valence-electron chi connectivity index (χ2n) is 11.8. The highest BCUT2D eigenvalue weighted by Gasteiger charge is 2.57. The molecule has 8 heteroatoms. The molecule has 3 aliphatic rings. The van der Waals surface area contributed by atoms with Gasteiger partial charge in [0.2, 0.25) is 11.8 Å². The van der Waals surface area contributed by atoms with Crippen molar-refractivity contribution in [2.24, 2.45) is 17.8 Å². The lowest BCUT2D eigenvalue weighted by Gasteiger charge is -2.31. The average molecular weight is 619 g/mol. The summed E-state index contributed by atoms with van der Waals surface area (Å²) in [6.07, 6.45) is 5.46. The van der Waals surface area contributed by atoms with Crippen molar-refractivity contribution in [2.45, 2.75) is 31.9 Å². The summed E-state index contributed by atoms with van der Waals surface area (Å²) in [6.45, 7) is 1.06. The Labute approximate surface area is 266 Å². The molecular weight excluding hydrogens is 584 g/mol. The molecular formula is C37H34N2O5S. The normalized spacial score (nSPS) is 22.9. The highest BCUT2D eigenvalue weighted by molar-refractivity contribution is 7.09. The van der Waals surface area contributed by atoms with Gasteiger partial charge >= 0.3 is 0 Å². The van der Waals surface area contributed by atoms with Crippen LogP contribution in [0.2, 0.25) is 0 Å². The van der Waals surface area contributed by atoms with Gasteiger partial charge in [-0.25, -0.2) is 0 Å². The first-order valence-electron chi connectivity index (χ1n) is 15.3. The number of imide groups is 1. The monoisotopic (exact) mass is 618 g/mol. The number of nitrogens with zero attached hydrogens (tertiary/aromatic N) is 2. The number of pyridine rings is 1. The summed E-state index contributed by atoms with van der Waals surface area (Å²) in [7, 11) is 0. The van der Waals surface area contributed by atoms with E-state index in [1.54, 1.807) is 29.7 Å². The Hall–Kier alpha value is -4.53. The van der Waals surface area contributed by atoms with Crippen molar-refractivity contribution in [3.63, 3.8) is 0 Å². The van der Waals surface area contributed by atoms with Crippen LogP contribution in [0.5, 0.6) is 11.5 Å². The first-order chi connectivity index (χ1) is 22.0. The Morgan fingerprint density at radius 1 is 1.00 bits per heavy atom. The maximum absolute atomic E-state index is 13.9. The number of likely N-dealkylation sites (tertiary alicyclic amines) is 1. The van der Waals surface area contributed by atoms with E-state index in [2.05, 4.69) is 11.1 Å². The number of phenolic OH excluding ortho intramolecular Hbond substituents is 1. The van der Waals surface area contributed by atoms with Gasteiger partial charge in [-0.2, -0.15) is 0 Å². The summed E-state index contributed by atoms with van der Waals surface area (Å²) in [6, 6.07) is 26.6. The van der Waals surface area contributed by atoms with Gasteiger partial charge in [-0.05, 0) is 95.5 Å². The lowest BCUT2D eigenvalue weighted by atomic mass is 9.69. The number of aromatic hydroxyl groups is 1. The Balaban J connectivity index is 1.18. The first-order valence-corrected chi connectivity index (χ1v) is 16.2. The summed E-state index contributed by atoms with van der Waals surface area (Å²) >= 11 is 1.56. The lowest BCUT2D eigenvalue weighted by Crippen LogP contribution is -2.35. The summed E-state index contributed by atoms with van der Waals surface area (Å²) in [5.74, 6) is -0.204. The molecule has 2 aliphatic heterocycles. The Morgan fingerprint density at radius 3 is 2.64 bits per heavy atom. The summed E-state index contributed by atoms with van der Waals surface area (Å²) in [4.78, 5) is 34.6. The van der Waals surface area contributed by atoms with Crippen LogP contribution in [0.25, 0.3) is 11.6 Å². The van der Waals surface area contributed by atoms with Crippen LogP contribution in [-0.4, -0.2) is 46.1 Å². The zero-order valence-electron chi connectivity index (χ0n) is 24.7. The van der Waals surface area contributed by atoms with Gasteiger partial charge in [0.05, 0.1) is 36.8 Å². The van der Waals surface area contributed by atoms with E-state index in [0.29, 0.717) is 39.0 Å². The number of amides is 2. The van der Waals surface area contributed by atoms with E-state index in [-0.39, 0.29) is 29.6 Å². The summed E-state index contributed by atoms with van der Waals surface area (Å²) in [5, 5.41) is 12.0. The number of ether oxygens (including phenoxy) is 2. The predicted molar refractivity (Wildman–Crippen MR) is 173 cm³/mol. The number of hydrogen-bond donors (Lipinski definition) is 1. The third kappa shape index (κ3) is 6.08. The van der Waals surface area contributed by atoms with E-state index < -0.39 is 11.8 Å². The number of thiophene rings is 1.